The Hall–Kier alpha value is -2.60. The van der Waals surface area contributed by atoms with Crippen molar-refractivity contribution in [2.75, 3.05) is 6.54 Å². The van der Waals surface area contributed by atoms with Gasteiger partial charge in [0.15, 0.2) is 0 Å². The molecule has 6 nitrogen and oxygen atoms in total. The summed E-state index contributed by atoms with van der Waals surface area (Å²) < 4.78 is 1.82. The van der Waals surface area contributed by atoms with Crippen LogP contribution in [0.15, 0.2) is 43.0 Å². The predicted octanol–water partition coefficient (Wildman–Crippen LogP) is 2.20. The second kappa shape index (κ2) is 7.25. The van der Waals surface area contributed by atoms with Crippen molar-refractivity contribution in [1.82, 2.24) is 14.9 Å². The highest BCUT2D eigenvalue weighted by Gasteiger charge is 2.08. The molecule has 0 saturated carbocycles. The fraction of sp³-hybridized carbons (Fsp3) is 0.200. The Balaban J connectivity index is 1.98. The number of nitrogens with zero attached hydrogens (tertiary/aromatic N) is 2. The number of hydrogen-bond donors (Lipinski definition) is 3. The zero-order chi connectivity index (χ0) is 15.1. The lowest BCUT2D eigenvalue weighted by Crippen LogP contribution is -2.23. The lowest BCUT2D eigenvalue weighted by molar-refractivity contribution is 0.162. The largest absolute Gasteiger partial charge is 0.465 e. The maximum Gasteiger partial charge on any atom is 0.404 e. The van der Waals surface area contributed by atoms with Crippen LogP contribution in [0.3, 0.4) is 0 Å². The molecular weight excluding hydrogens is 270 g/mol. The quantitative estimate of drug-likeness (QED) is 0.760. The summed E-state index contributed by atoms with van der Waals surface area (Å²) in [5.41, 5.74) is 1.71. The number of carboxylic acid groups (broad SMARTS) is 1. The first-order valence-corrected chi connectivity index (χ1v) is 6.55. The van der Waals surface area contributed by atoms with E-state index in [1.165, 1.54) is 0 Å². The molecule has 0 bridgehead atoms. The van der Waals surface area contributed by atoms with Crippen molar-refractivity contribution in [3.05, 3.63) is 54.1 Å². The van der Waals surface area contributed by atoms with Crippen LogP contribution in [-0.4, -0.2) is 32.4 Å². The average Bonchev–Trinajstić information content (AvgIpc) is 2.98. The summed E-state index contributed by atoms with van der Waals surface area (Å²) in [5, 5.41) is 20.8. The minimum absolute atomic E-state index is 0.214. The highest BCUT2D eigenvalue weighted by Crippen LogP contribution is 2.18. The van der Waals surface area contributed by atoms with Crippen molar-refractivity contribution in [3.8, 4) is 0 Å². The van der Waals surface area contributed by atoms with Gasteiger partial charge in [-0.05, 0) is 29.7 Å². The van der Waals surface area contributed by atoms with Gasteiger partial charge >= 0.3 is 6.09 Å². The number of carbonyl (C=O) groups is 1. The van der Waals surface area contributed by atoms with Crippen LogP contribution in [0.5, 0.6) is 0 Å². The van der Waals surface area contributed by atoms with Gasteiger partial charge in [0, 0.05) is 25.1 Å². The van der Waals surface area contributed by atoms with Crippen LogP contribution in [0.2, 0.25) is 0 Å². The van der Waals surface area contributed by atoms with E-state index < -0.39 is 12.2 Å². The molecule has 110 valence electrons. The second-order valence-electron chi connectivity index (χ2n) is 4.53. The third-order valence-corrected chi connectivity index (χ3v) is 2.95. The number of aliphatic hydroxyl groups is 1. The van der Waals surface area contributed by atoms with Crippen molar-refractivity contribution in [2.45, 2.75) is 12.5 Å². The van der Waals surface area contributed by atoms with E-state index in [4.69, 9.17) is 5.11 Å². The minimum atomic E-state index is -1.08. The number of rotatable bonds is 6. The van der Waals surface area contributed by atoms with Gasteiger partial charge in [-0.25, -0.2) is 9.78 Å². The van der Waals surface area contributed by atoms with Crippen molar-refractivity contribution in [2.24, 2.45) is 0 Å². The summed E-state index contributed by atoms with van der Waals surface area (Å²) in [6.07, 6.45) is 7.54. The summed E-state index contributed by atoms with van der Waals surface area (Å²) in [4.78, 5) is 14.3. The van der Waals surface area contributed by atoms with E-state index in [1.807, 2.05) is 47.3 Å². The Kier molecular flexibility index (Phi) is 5.11. The van der Waals surface area contributed by atoms with Gasteiger partial charge in [-0.3, -0.25) is 0 Å². The summed E-state index contributed by atoms with van der Waals surface area (Å²) >= 11 is 0. The molecule has 21 heavy (non-hydrogen) atoms. The molecule has 1 heterocycles. The highest BCUT2D eigenvalue weighted by atomic mass is 16.4. The van der Waals surface area contributed by atoms with Crippen molar-refractivity contribution < 1.29 is 15.0 Å². The maximum atomic E-state index is 10.4. The third kappa shape index (κ3) is 4.77. The molecule has 6 heteroatoms. The molecule has 2 aromatic rings. The molecule has 0 aliphatic carbocycles. The van der Waals surface area contributed by atoms with E-state index in [-0.39, 0.29) is 6.54 Å². The first-order chi connectivity index (χ1) is 10.1. The van der Waals surface area contributed by atoms with Gasteiger partial charge in [-0.15, -0.1) is 0 Å². The lowest BCUT2D eigenvalue weighted by atomic mass is 10.0. The first kappa shape index (κ1) is 14.8. The molecule has 0 aliphatic rings. The number of aromatic nitrogens is 2. The Morgan fingerprint density at radius 2 is 2.33 bits per heavy atom. The second-order valence-corrected chi connectivity index (χ2v) is 4.53. The van der Waals surface area contributed by atoms with Gasteiger partial charge in [0.2, 0.25) is 0 Å². The molecule has 1 atom stereocenters. The van der Waals surface area contributed by atoms with E-state index in [2.05, 4.69) is 10.3 Å². The number of amides is 1. The summed E-state index contributed by atoms with van der Waals surface area (Å²) in [6, 6.07) is 7.48. The van der Waals surface area contributed by atoms with Crippen LogP contribution >= 0.6 is 0 Å². The van der Waals surface area contributed by atoms with Gasteiger partial charge in [0.25, 0.3) is 0 Å². The molecule has 1 amide bonds. The van der Waals surface area contributed by atoms with Crippen molar-refractivity contribution >= 4 is 18.4 Å². The number of hydrogen-bond acceptors (Lipinski definition) is 3. The van der Waals surface area contributed by atoms with Gasteiger partial charge in [-0.1, -0.05) is 18.2 Å². The number of imidazole rings is 1. The first-order valence-electron chi connectivity index (χ1n) is 6.55. The zero-order valence-corrected chi connectivity index (χ0v) is 11.4. The van der Waals surface area contributed by atoms with Crippen LogP contribution in [-0.2, 0) is 0 Å². The molecule has 1 aromatic heterocycles. The minimum Gasteiger partial charge on any atom is -0.465 e. The summed E-state index contributed by atoms with van der Waals surface area (Å²) in [6.45, 7) is 0.214. The van der Waals surface area contributed by atoms with E-state index in [0.29, 0.717) is 6.42 Å². The number of benzene rings is 1. The number of aliphatic hydroxyl groups excluding tert-OH is 1. The third-order valence-electron chi connectivity index (χ3n) is 2.95. The molecule has 0 aliphatic heterocycles. The highest BCUT2D eigenvalue weighted by molar-refractivity contribution is 5.64. The molecule has 3 N–H and O–H groups in total. The van der Waals surface area contributed by atoms with Gasteiger partial charge < -0.3 is 20.1 Å². The topological polar surface area (TPSA) is 87.4 Å². The van der Waals surface area contributed by atoms with E-state index in [1.54, 1.807) is 12.5 Å². The van der Waals surface area contributed by atoms with Crippen molar-refractivity contribution in [1.29, 1.82) is 0 Å². The fourth-order valence-electron chi connectivity index (χ4n) is 1.88. The standard InChI is InChI=1S/C15H17N3O3/c19-14(4-6-17-15(20)21)13-3-1-2-12(10-13)5-8-18-9-7-16-11-18/h1-3,5,7-11,14,17,19H,4,6H2,(H,20,21). The predicted molar refractivity (Wildman–Crippen MR) is 79.5 cm³/mol. The summed E-state index contributed by atoms with van der Waals surface area (Å²) in [7, 11) is 0. The maximum absolute atomic E-state index is 10.4. The fourth-order valence-corrected chi connectivity index (χ4v) is 1.88. The van der Waals surface area contributed by atoms with Crippen LogP contribution in [0.25, 0.3) is 12.3 Å². The molecule has 0 fully saturated rings. The zero-order valence-electron chi connectivity index (χ0n) is 11.4. The molecule has 0 radical (unpaired) electrons. The van der Waals surface area contributed by atoms with Gasteiger partial charge in [0.05, 0.1) is 12.4 Å². The molecule has 0 saturated heterocycles. The normalized spacial score (nSPS) is 12.4. The Morgan fingerprint density at radius 3 is 3.05 bits per heavy atom. The molecule has 1 unspecified atom stereocenters. The smallest absolute Gasteiger partial charge is 0.404 e. The Labute approximate surface area is 122 Å². The van der Waals surface area contributed by atoms with Crippen molar-refractivity contribution in [3.63, 3.8) is 0 Å². The number of nitrogens with one attached hydrogen (secondary N) is 1. The van der Waals surface area contributed by atoms with Crippen LogP contribution in [0.4, 0.5) is 4.79 Å². The van der Waals surface area contributed by atoms with Crippen LogP contribution < -0.4 is 5.32 Å². The average molecular weight is 287 g/mol. The lowest BCUT2D eigenvalue weighted by Gasteiger charge is -2.11. The summed E-state index contributed by atoms with van der Waals surface area (Å²) in [5.74, 6) is 0. The van der Waals surface area contributed by atoms with Crippen LogP contribution in [0, 0.1) is 0 Å². The molecule has 2 rings (SSSR count). The molecule has 0 spiro atoms. The molecular formula is C15H17N3O3. The Bertz CT molecular complexity index is 608. The van der Waals surface area contributed by atoms with Crippen LogP contribution in [0.1, 0.15) is 23.7 Å². The van der Waals surface area contributed by atoms with E-state index in [0.717, 1.165) is 11.1 Å². The monoisotopic (exact) mass is 287 g/mol. The molecule has 1 aromatic carbocycles. The van der Waals surface area contributed by atoms with Gasteiger partial charge in [0.1, 0.15) is 0 Å². The van der Waals surface area contributed by atoms with Gasteiger partial charge in [-0.2, -0.15) is 0 Å². The van der Waals surface area contributed by atoms with E-state index in [9.17, 15) is 9.90 Å². The SMILES string of the molecule is O=C(O)NCCC(O)c1cccc(C=Cn2ccnc2)c1. The Morgan fingerprint density at radius 1 is 1.48 bits per heavy atom. The van der Waals surface area contributed by atoms with E-state index >= 15 is 0 Å².